The largest absolute Gasteiger partial charge is 0.507 e. The lowest BCUT2D eigenvalue weighted by Gasteiger charge is -2.12. The predicted octanol–water partition coefficient (Wildman–Crippen LogP) is 3.15. The van der Waals surface area contributed by atoms with Crippen molar-refractivity contribution in [2.75, 3.05) is 0 Å². The molecule has 2 aromatic rings. The van der Waals surface area contributed by atoms with Crippen molar-refractivity contribution in [2.24, 2.45) is 0 Å². The van der Waals surface area contributed by atoms with Crippen molar-refractivity contribution in [3.05, 3.63) is 34.5 Å². The Morgan fingerprint density at radius 1 is 1.30 bits per heavy atom. The summed E-state index contributed by atoms with van der Waals surface area (Å²) >= 11 is 5.58. The summed E-state index contributed by atoms with van der Waals surface area (Å²) in [7, 11) is 0. The first-order chi connectivity index (χ1) is 9.20. The van der Waals surface area contributed by atoms with Crippen LogP contribution in [-0.4, -0.2) is 26.4 Å². The minimum Gasteiger partial charge on any atom is -0.507 e. The molecule has 0 amide bonds. The molecular weight excluding hydrogens is 301 g/mol. The van der Waals surface area contributed by atoms with E-state index < -0.39 is 23.5 Å². The molecule has 20 heavy (non-hydrogen) atoms. The Morgan fingerprint density at radius 3 is 2.45 bits per heavy atom. The van der Waals surface area contributed by atoms with Crippen LogP contribution in [0.4, 0.5) is 13.2 Å². The Balaban J connectivity index is 2.62. The number of carboxylic acid groups (broad SMARTS) is 1. The molecule has 0 unspecified atom stereocenters. The average molecular weight is 307 g/mol. The van der Waals surface area contributed by atoms with Crippen LogP contribution in [0.15, 0.2) is 18.2 Å². The highest BCUT2D eigenvalue weighted by molar-refractivity contribution is 6.31. The number of carboxylic acids is 1. The number of halogens is 4. The Labute approximate surface area is 114 Å². The molecule has 0 saturated carbocycles. The maximum atomic E-state index is 12.7. The molecule has 0 bridgehead atoms. The van der Waals surface area contributed by atoms with Gasteiger partial charge in [-0.3, -0.25) is 5.10 Å². The monoisotopic (exact) mass is 306 g/mol. The average Bonchev–Trinajstić information content (AvgIpc) is 2.79. The molecular formula is C11H6ClF3N2O3. The van der Waals surface area contributed by atoms with E-state index in [1.165, 1.54) is 0 Å². The quantitative estimate of drug-likeness (QED) is 0.795. The number of hydrogen-bond acceptors (Lipinski definition) is 3. The number of nitrogens with zero attached hydrogens (tertiary/aromatic N) is 1. The van der Waals surface area contributed by atoms with Crippen LogP contribution in [0, 0.1) is 0 Å². The van der Waals surface area contributed by atoms with E-state index in [1.807, 2.05) is 0 Å². The first kappa shape index (κ1) is 14.2. The van der Waals surface area contributed by atoms with Crippen LogP contribution in [0.2, 0.25) is 5.02 Å². The lowest BCUT2D eigenvalue weighted by Crippen LogP contribution is -2.06. The molecule has 106 valence electrons. The van der Waals surface area contributed by atoms with Crippen molar-refractivity contribution in [3.63, 3.8) is 0 Å². The van der Waals surface area contributed by atoms with Crippen molar-refractivity contribution in [1.29, 1.82) is 0 Å². The number of aromatic carboxylic acids is 1. The zero-order chi connectivity index (χ0) is 15.1. The van der Waals surface area contributed by atoms with Crippen LogP contribution in [0.1, 0.15) is 16.1 Å². The second-order valence-electron chi connectivity index (χ2n) is 3.82. The van der Waals surface area contributed by atoms with Gasteiger partial charge < -0.3 is 10.2 Å². The number of carbonyl (C=O) groups is 1. The van der Waals surface area contributed by atoms with Crippen molar-refractivity contribution in [3.8, 4) is 17.0 Å². The molecule has 1 aromatic carbocycles. The first-order valence-corrected chi connectivity index (χ1v) is 5.46. The molecule has 0 atom stereocenters. The van der Waals surface area contributed by atoms with E-state index in [0.717, 1.165) is 12.1 Å². The summed E-state index contributed by atoms with van der Waals surface area (Å²) in [6.45, 7) is 0. The Hall–Kier alpha value is -2.22. The third-order valence-corrected chi connectivity index (χ3v) is 2.68. The smallest absolute Gasteiger partial charge is 0.420 e. The summed E-state index contributed by atoms with van der Waals surface area (Å²) in [5, 5.41) is 23.8. The van der Waals surface area contributed by atoms with Crippen LogP contribution in [0.25, 0.3) is 11.3 Å². The Morgan fingerprint density at radius 2 is 1.95 bits per heavy atom. The Kier molecular flexibility index (Phi) is 3.34. The van der Waals surface area contributed by atoms with Crippen molar-refractivity contribution in [2.45, 2.75) is 6.18 Å². The van der Waals surface area contributed by atoms with Crippen LogP contribution in [0.5, 0.6) is 5.75 Å². The number of phenolic OH excluding ortho intramolecular Hbond substituents is 1. The number of benzene rings is 1. The second kappa shape index (κ2) is 4.71. The van der Waals surface area contributed by atoms with Gasteiger partial charge in [-0.2, -0.15) is 18.3 Å². The summed E-state index contributed by atoms with van der Waals surface area (Å²) in [5.74, 6) is -2.40. The van der Waals surface area contributed by atoms with Gasteiger partial charge in [0.1, 0.15) is 11.4 Å². The summed E-state index contributed by atoms with van der Waals surface area (Å²) in [6.07, 6.45) is -4.80. The van der Waals surface area contributed by atoms with Gasteiger partial charge in [-0.1, -0.05) is 11.6 Å². The van der Waals surface area contributed by atoms with Gasteiger partial charge in [0.25, 0.3) is 0 Å². The number of aromatic hydroxyl groups is 1. The van der Waals surface area contributed by atoms with Crippen molar-refractivity contribution >= 4 is 17.6 Å². The lowest BCUT2D eigenvalue weighted by molar-refractivity contribution is -0.138. The highest BCUT2D eigenvalue weighted by Gasteiger charge is 2.35. The van der Waals surface area contributed by atoms with Gasteiger partial charge >= 0.3 is 12.1 Å². The zero-order valence-corrected chi connectivity index (χ0v) is 10.2. The van der Waals surface area contributed by atoms with Gasteiger partial charge in [0, 0.05) is 10.6 Å². The van der Waals surface area contributed by atoms with E-state index in [1.54, 1.807) is 0 Å². The van der Waals surface area contributed by atoms with Gasteiger partial charge in [0.15, 0.2) is 0 Å². The molecule has 3 N–H and O–H groups in total. The maximum absolute atomic E-state index is 12.7. The number of aromatic nitrogens is 2. The lowest BCUT2D eigenvalue weighted by atomic mass is 10.1. The molecule has 5 nitrogen and oxygen atoms in total. The van der Waals surface area contributed by atoms with E-state index in [-0.39, 0.29) is 22.0 Å². The second-order valence-corrected chi connectivity index (χ2v) is 4.26. The van der Waals surface area contributed by atoms with E-state index >= 15 is 0 Å². The molecule has 0 aliphatic heterocycles. The molecule has 9 heteroatoms. The van der Waals surface area contributed by atoms with E-state index in [0.29, 0.717) is 6.07 Å². The van der Waals surface area contributed by atoms with E-state index in [9.17, 15) is 23.1 Å². The number of hydrogen-bond donors (Lipinski definition) is 3. The summed E-state index contributed by atoms with van der Waals surface area (Å²) in [6, 6.07) is 2.63. The topological polar surface area (TPSA) is 86.2 Å². The fourth-order valence-electron chi connectivity index (χ4n) is 1.58. The van der Waals surface area contributed by atoms with Crippen LogP contribution >= 0.6 is 11.6 Å². The SMILES string of the molecule is O=C(O)c1cc(-c2cc(Cl)cc(C(F)(F)F)c2O)n[nH]1. The molecule has 0 aliphatic rings. The molecule has 0 fully saturated rings. The van der Waals surface area contributed by atoms with Gasteiger partial charge in [-0.15, -0.1) is 0 Å². The first-order valence-electron chi connectivity index (χ1n) is 5.09. The number of H-pyrrole nitrogens is 1. The molecule has 1 heterocycles. The van der Waals surface area contributed by atoms with Gasteiger partial charge in [-0.05, 0) is 18.2 Å². The number of phenols is 1. The Bertz CT molecular complexity index is 682. The van der Waals surface area contributed by atoms with Crippen LogP contribution in [0.3, 0.4) is 0 Å². The fourth-order valence-corrected chi connectivity index (χ4v) is 1.80. The molecule has 0 aliphatic carbocycles. The minimum absolute atomic E-state index is 0.159. The number of rotatable bonds is 2. The highest BCUT2D eigenvalue weighted by atomic mass is 35.5. The molecule has 1 aromatic heterocycles. The predicted molar refractivity (Wildman–Crippen MR) is 62.7 cm³/mol. The number of nitrogens with one attached hydrogen (secondary N) is 1. The van der Waals surface area contributed by atoms with Crippen molar-refractivity contribution < 1.29 is 28.2 Å². The minimum atomic E-state index is -4.80. The maximum Gasteiger partial charge on any atom is 0.420 e. The fraction of sp³-hybridized carbons (Fsp3) is 0.0909. The number of alkyl halides is 3. The molecule has 0 radical (unpaired) electrons. The summed E-state index contributed by atoms with van der Waals surface area (Å²) in [4.78, 5) is 10.7. The third kappa shape index (κ3) is 2.55. The zero-order valence-electron chi connectivity index (χ0n) is 9.49. The summed E-state index contributed by atoms with van der Waals surface area (Å²) in [5.41, 5.74) is -2.12. The summed E-state index contributed by atoms with van der Waals surface area (Å²) < 4.78 is 38.2. The van der Waals surface area contributed by atoms with Crippen LogP contribution in [-0.2, 0) is 6.18 Å². The molecule has 0 saturated heterocycles. The van der Waals surface area contributed by atoms with Gasteiger partial charge in [-0.25, -0.2) is 4.79 Å². The molecule has 0 spiro atoms. The van der Waals surface area contributed by atoms with Crippen LogP contribution < -0.4 is 0 Å². The van der Waals surface area contributed by atoms with Gasteiger partial charge in [0.2, 0.25) is 0 Å². The van der Waals surface area contributed by atoms with Crippen molar-refractivity contribution in [1.82, 2.24) is 10.2 Å². The van der Waals surface area contributed by atoms with E-state index in [2.05, 4.69) is 10.2 Å². The highest BCUT2D eigenvalue weighted by Crippen LogP contribution is 2.42. The third-order valence-electron chi connectivity index (χ3n) is 2.46. The van der Waals surface area contributed by atoms with Gasteiger partial charge in [0.05, 0.1) is 11.3 Å². The standard InChI is InChI=1S/C11H6ClF3N2O3/c12-4-1-5(7-3-8(10(19)20)17-16-7)9(18)6(2-4)11(13,14)15/h1-3,18H,(H,16,17)(H,19,20). The number of aromatic amines is 1. The normalized spacial score (nSPS) is 11.6. The molecule has 2 rings (SSSR count). The van der Waals surface area contributed by atoms with E-state index in [4.69, 9.17) is 16.7 Å².